The van der Waals surface area contributed by atoms with E-state index < -0.39 is 11.8 Å². The van der Waals surface area contributed by atoms with Gasteiger partial charge in [-0.05, 0) is 48.7 Å². The molecule has 1 N–H and O–H groups in total. The summed E-state index contributed by atoms with van der Waals surface area (Å²) in [7, 11) is 0. The van der Waals surface area contributed by atoms with Gasteiger partial charge in [-0.25, -0.2) is 4.90 Å². The molecule has 0 atom stereocenters. The maximum atomic E-state index is 13.4. The Morgan fingerprint density at radius 1 is 0.833 bits per heavy atom. The number of carbonyl (C=O) groups is 2. The first kappa shape index (κ1) is 20.2. The molecule has 1 aliphatic rings. The van der Waals surface area contributed by atoms with Crippen LogP contribution in [0, 0.1) is 13.8 Å². The van der Waals surface area contributed by atoms with Crippen molar-refractivity contribution < 1.29 is 9.59 Å². The molecule has 1 heterocycles. The highest BCUT2D eigenvalue weighted by atomic mass is 35.5. The molecule has 0 spiro atoms. The van der Waals surface area contributed by atoms with Crippen LogP contribution in [0.15, 0.2) is 72.4 Å². The van der Waals surface area contributed by atoms with Crippen LogP contribution >= 0.6 is 23.2 Å². The van der Waals surface area contributed by atoms with Crippen LogP contribution in [0.1, 0.15) is 16.7 Å². The summed E-state index contributed by atoms with van der Waals surface area (Å²) in [6.45, 7) is 3.91. The molecule has 0 saturated heterocycles. The fourth-order valence-electron chi connectivity index (χ4n) is 3.41. The van der Waals surface area contributed by atoms with E-state index in [2.05, 4.69) is 5.32 Å². The normalized spacial score (nSPS) is 13.9. The molecule has 0 saturated carbocycles. The minimum atomic E-state index is -0.482. The molecule has 1 aliphatic heterocycles. The number of benzene rings is 3. The summed E-state index contributed by atoms with van der Waals surface area (Å²) < 4.78 is 0. The Bertz CT molecular complexity index is 1200. The predicted molar refractivity (Wildman–Crippen MR) is 122 cm³/mol. The molecule has 0 radical (unpaired) electrons. The summed E-state index contributed by atoms with van der Waals surface area (Å²) in [5, 5.41) is 3.63. The van der Waals surface area contributed by atoms with E-state index in [0.717, 1.165) is 21.7 Å². The quantitative estimate of drug-likeness (QED) is 0.509. The van der Waals surface area contributed by atoms with Gasteiger partial charge in [-0.15, -0.1) is 0 Å². The van der Waals surface area contributed by atoms with Gasteiger partial charge in [0.25, 0.3) is 11.8 Å². The van der Waals surface area contributed by atoms with Crippen molar-refractivity contribution in [3.05, 3.63) is 99.2 Å². The third-order valence-corrected chi connectivity index (χ3v) is 5.78. The van der Waals surface area contributed by atoms with Gasteiger partial charge in [0, 0.05) is 5.69 Å². The van der Waals surface area contributed by atoms with Crippen LogP contribution in [0.3, 0.4) is 0 Å². The summed E-state index contributed by atoms with van der Waals surface area (Å²) in [6.07, 6.45) is 0. The zero-order chi connectivity index (χ0) is 21.4. The van der Waals surface area contributed by atoms with E-state index in [0.29, 0.717) is 5.56 Å². The lowest BCUT2D eigenvalue weighted by molar-refractivity contribution is -0.120. The van der Waals surface area contributed by atoms with E-state index in [9.17, 15) is 9.59 Å². The average Bonchev–Trinajstić information content (AvgIpc) is 2.97. The van der Waals surface area contributed by atoms with Gasteiger partial charge in [-0.3, -0.25) is 9.59 Å². The second kappa shape index (κ2) is 7.98. The van der Waals surface area contributed by atoms with E-state index in [1.54, 1.807) is 30.3 Å². The highest BCUT2D eigenvalue weighted by molar-refractivity contribution is 6.50. The van der Waals surface area contributed by atoms with Gasteiger partial charge in [0.2, 0.25) is 0 Å². The molecule has 150 valence electrons. The molecule has 3 aromatic carbocycles. The average molecular weight is 437 g/mol. The molecule has 0 unspecified atom stereocenters. The molecular formula is C24H18Cl2N2O2. The highest BCUT2D eigenvalue weighted by Crippen LogP contribution is 2.39. The standard InChI is InChI=1S/C24H18Cl2N2O2/c1-14-11-12-15(2)18(13-14)27-22-20(16-7-4-3-5-8-16)23(29)28(24(22)30)19-10-6-9-17(25)21(19)26/h3-13,27H,1-2H3. The molecule has 30 heavy (non-hydrogen) atoms. The Hall–Kier alpha value is -3.08. The van der Waals surface area contributed by atoms with Crippen molar-refractivity contribution in [1.82, 2.24) is 0 Å². The molecular weight excluding hydrogens is 419 g/mol. The number of hydrogen-bond acceptors (Lipinski definition) is 3. The molecule has 2 amide bonds. The second-order valence-corrected chi connectivity index (χ2v) is 7.86. The molecule has 0 fully saturated rings. The number of carbonyl (C=O) groups excluding carboxylic acids is 2. The Balaban J connectivity index is 1.87. The van der Waals surface area contributed by atoms with Gasteiger partial charge in [0.1, 0.15) is 5.70 Å². The van der Waals surface area contributed by atoms with E-state index in [-0.39, 0.29) is 27.0 Å². The lowest BCUT2D eigenvalue weighted by Crippen LogP contribution is -2.32. The molecule has 0 bridgehead atoms. The topological polar surface area (TPSA) is 49.4 Å². The van der Waals surface area contributed by atoms with Crippen molar-refractivity contribution >= 4 is 52.0 Å². The van der Waals surface area contributed by atoms with Crippen molar-refractivity contribution in [2.75, 3.05) is 10.2 Å². The largest absolute Gasteiger partial charge is 0.350 e. The first-order chi connectivity index (χ1) is 14.4. The Morgan fingerprint density at radius 3 is 2.30 bits per heavy atom. The smallest absolute Gasteiger partial charge is 0.282 e. The van der Waals surface area contributed by atoms with Crippen LogP contribution in [-0.2, 0) is 9.59 Å². The third-order valence-electron chi connectivity index (χ3n) is 4.97. The monoisotopic (exact) mass is 436 g/mol. The van der Waals surface area contributed by atoms with Gasteiger partial charge in [-0.1, -0.05) is 71.7 Å². The first-order valence-electron chi connectivity index (χ1n) is 9.35. The van der Waals surface area contributed by atoms with Gasteiger partial charge in [0.05, 0.1) is 21.3 Å². The van der Waals surface area contributed by atoms with Gasteiger partial charge < -0.3 is 5.32 Å². The maximum Gasteiger partial charge on any atom is 0.282 e. The van der Waals surface area contributed by atoms with E-state index >= 15 is 0 Å². The lowest BCUT2D eigenvalue weighted by Gasteiger charge is -2.17. The van der Waals surface area contributed by atoms with E-state index in [1.165, 1.54) is 0 Å². The van der Waals surface area contributed by atoms with Crippen LogP contribution in [0.25, 0.3) is 5.57 Å². The maximum absolute atomic E-state index is 13.4. The Morgan fingerprint density at radius 2 is 1.57 bits per heavy atom. The molecule has 0 aromatic heterocycles. The number of nitrogens with one attached hydrogen (secondary N) is 1. The van der Waals surface area contributed by atoms with Crippen molar-refractivity contribution in [1.29, 1.82) is 0 Å². The zero-order valence-electron chi connectivity index (χ0n) is 16.4. The van der Waals surface area contributed by atoms with Crippen LogP contribution in [0.2, 0.25) is 10.0 Å². The molecule has 4 rings (SSSR count). The molecule has 4 nitrogen and oxygen atoms in total. The van der Waals surface area contributed by atoms with Crippen molar-refractivity contribution in [2.24, 2.45) is 0 Å². The SMILES string of the molecule is Cc1ccc(C)c(NC2=C(c3ccccc3)C(=O)N(c3cccc(Cl)c3Cl)C2=O)c1. The number of aryl methyl sites for hydroxylation is 2. The number of amides is 2. The Labute approximate surface area is 184 Å². The van der Waals surface area contributed by atoms with Gasteiger partial charge in [-0.2, -0.15) is 0 Å². The first-order valence-corrected chi connectivity index (χ1v) is 10.1. The summed E-state index contributed by atoms with van der Waals surface area (Å²) in [5.41, 5.74) is 4.15. The summed E-state index contributed by atoms with van der Waals surface area (Å²) >= 11 is 12.5. The van der Waals surface area contributed by atoms with Gasteiger partial charge in [0.15, 0.2) is 0 Å². The van der Waals surface area contributed by atoms with Crippen LogP contribution in [-0.4, -0.2) is 11.8 Å². The number of rotatable bonds is 4. The fourth-order valence-corrected chi connectivity index (χ4v) is 3.79. The summed E-state index contributed by atoms with van der Waals surface area (Å²) in [6, 6.07) is 19.9. The number of hydrogen-bond donors (Lipinski definition) is 1. The fraction of sp³-hybridized carbons (Fsp3) is 0.0833. The van der Waals surface area contributed by atoms with Crippen molar-refractivity contribution in [3.8, 4) is 0 Å². The van der Waals surface area contributed by atoms with E-state index in [1.807, 2.05) is 50.2 Å². The van der Waals surface area contributed by atoms with Gasteiger partial charge >= 0.3 is 0 Å². The molecule has 3 aromatic rings. The van der Waals surface area contributed by atoms with Crippen LogP contribution in [0.4, 0.5) is 11.4 Å². The van der Waals surface area contributed by atoms with Crippen LogP contribution < -0.4 is 10.2 Å². The zero-order valence-corrected chi connectivity index (χ0v) is 17.9. The second-order valence-electron chi connectivity index (χ2n) is 7.08. The Kier molecular flexibility index (Phi) is 5.37. The lowest BCUT2D eigenvalue weighted by atomic mass is 10.0. The van der Waals surface area contributed by atoms with Crippen molar-refractivity contribution in [2.45, 2.75) is 13.8 Å². The van der Waals surface area contributed by atoms with Crippen molar-refractivity contribution in [3.63, 3.8) is 0 Å². The predicted octanol–water partition coefficient (Wildman–Crippen LogP) is 6.01. The minimum absolute atomic E-state index is 0.154. The highest BCUT2D eigenvalue weighted by Gasteiger charge is 2.41. The number of imide groups is 1. The number of nitrogens with zero attached hydrogens (tertiary/aromatic N) is 1. The summed E-state index contributed by atoms with van der Waals surface area (Å²) in [4.78, 5) is 28.0. The van der Waals surface area contributed by atoms with E-state index in [4.69, 9.17) is 23.2 Å². The minimum Gasteiger partial charge on any atom is -0.350 e. The third kappa shape index (κ3) is 3.49. The van der Waals surface area contributed by atoms with Crippen LogP contribution in [0.5, 0.6) is 0 Å². The molecule has 0 aliphatic carbocycles. The molecule has 6 heteroatoms. The summed E-state index contributed by atoms with van der Waals surface area (Å²) in [5.74, 6) is -0.938. The number of halogens is 2. The number of anilines is 2.